The number of aromatic hydroxyl groups is 1. The monoisotopic (exact) mass is 525 g/mol. The second-order valence-corrected chi connectivity index (χ2v) is 9.16. The summed E-state index contributed by atoms with van der Waals surface area (Å²) in [4.78, 5) is 45.6. The van der Waals surface area contributed by atoms with E-state index >= 15 is 0 Å². The highest BCUT2D eigenvalue weighted by Crippen LogP contribution is 2.32. The molecule has 39 heavy (non-hydrogen) atoms. The minimum Gasteiger partial charge on any atom is -0.494 e. The molecule has 1 aliphatic rings. The van der Waals surface area contributed by atoms with E-state index in [9.17, 15) is 19.5 Å². The molecule has 10 nitrogen and oxygen atoms in total. The predicted molar refractivity (Wildman–Crippen MR) is 147 cm³/mol. The molecule has 0 aliphatic carbocycles. The molecule has 2 heterocycles. The highest BCUT2D eigenvalue weighted by molar-refractivity contribution is 6.22. The van der Waals surface area contributed by atoms with Gasteiger partial charge in [-0.05, 0) is 49.2 Å². The third-order valence-electron chi connectivity index (χ3n) is 6.69. The highest BCUT2D eigenvalue weighted by atomic mass is 16.5. The molecule has 0 saturated carbocycles. The number of esters is 1. The van der Waals surface area contributed by atoms with Gasteiger partial charge in [-0.3, -0.25) is 4.79 Å². The van der Waals surface area contributed by atoms with Crippen molar-refractivity contribution in [1.29, 1.82) is 0 Å². The number of primary amides is 1. The summed E-state index contributed by atoms with van der Waals surface area (Å²) in [5, 5.41) is 14.4. The number of urea groups is 1. The number of aliphatic imine (C=N–C) groups is 1. The van der Waals surface area contributed by atoms with Gasteiger partial charge in [0.1, 0.15) is 6.04 Å². The molecule has 1 aromatic heterocycles. The normalized spacial score (nSPS) is 15.4. The van der Waals surface area contributed by atoms with Gasteiger partial charge in [0.25, 0.3) is 0 Å². The number of anilines is 1. The number of fused-ring (bicyclic) bond motifs is 1. The van der Waals surface area contributed by atoms with Crippen molar-refractivity contribution >= 4 is 45.9 Å². The van der Waals surface area contributed by atoms with Gasteiger partial charge in [-0.15, -0.1) is 0 Å². The Hall–Kier alpha value is -5.12. The summed E-state index contributed by atoms with van der Waals surface area (Å²) in [6.45, 7) is 0.470. The summed E-state index contributed by atoms with van der Waals surface area (Å²) in [5.41, 5.74) is 9.24. The summed E-state index contributed by atoms with van der Waals surface area (Å²) in [5.74, 6) is -1.08. The molecule has 1 aliphatic heterocycles. The number of ether oxygens (including phenoxy) is 1. The maximum Gasteiger partial charge on any atom is 0.337 e. The number of carbonyl (C=O) groups is 3. The first kappa shape index (κ1) is 25.5. The first-order valence-electron chi connectivity index (χ1n) is 12.4. The number of nitrogens with one attached hydrogen (secondary N) is 2. The Morgan fingerprint density at radius 3 is 2.49 bits per heavy atom. The van der Waals surface area contributed by atoms with Gasteiger partial charge in [0.2, 0.25) is 5.91 Å². The Morgan fingerprint density at radius 1 is 1.05 bits per heavy atom. The number of aromatic nitrogens is 1. The average molecular weight is 526 g/mol. The van der Waals surface area contributed by atoms with E-state index in [-0.39, 0.29) is 11.9 Å². The molecule has 0 radical (unpaired) electrons. The lowest BCUT2D eigenvalue weighted by molar-refractivity contribution is -0.121. The molecule has 3 aromatic carbocycles. The minimum atomic E-state index is -0.602. The molecular weight excluding hydrogens is 498 g/mol. The summed E-state index contributed by atoms with van der Waals surface area (Å²) >= 11 is 0. The van der Waals surface area contributed by atoms with E-state index in [4.69, 9.17) is 15.5 Å². The predicted octanol–water partition coefficient (Wildman–Crippen LogP) is 4.31. The van der Waals surface area contributed by atoms with E-state index in [1.165, 1.54) is 12.0 Å². The van der Waals surface area contributed by atoms with Crippen LogP contribution >= 0.6 is 0 Å². The van der Waals surface area contributed by atoms with Crippen LogP contribution in [0.3, 0.4) is 0 Å². The van der Waals surface area contributed by atoms with Crippen molar-refractivity contribution in [3.8, 4) is 5.88 Å². The molecule has 4 aromatic rings. The van der Waals surface area contributed by atoms with Gasteiger partial charge in [-0.1, -0.05) is 36.4 Å². The van der Waals surface area contributed by atoms with Gasteiger partial charge in [0.15, 0.2) is 5.88 Å². The van der Waals surface area contributed by atoms with Gasteiger partial charge in [-0.2, -0.15) is 0 Å². The largest absolute Gasteiger partial charge is 0.494 e. The Bertz CT molecular complexity index is 1580. The first-order valence-corrected chi connectivity index (χ1v) is 12.4. The highest BCUT2D eigenvalue weighted by Gasteiger charge is 2.32. The molecule has 0 unspecified atom stereocenters. The molecule has 1 atom stereocenters. The van der Waals surface area contributed by atoms with Crippen LogP contribution in [-0.4, -0.2) is 58.3 Å². The van der Waals surface area contributed by atoms with Crippen molar-refractivity contribution in [2.75, 3.05) is 19.0 Å². The zero-order chi connectivity index (χ0) is 27.5. The number of rotatable bonds is 6. The number of amides is 3. The molecule has 3 amide bonds. The molecule has 198 valence electrons. The molecule has 1 saturated heterocycles. The minimum absolute atomic E-state index is 0.0897. The Labute approximate surface area is 224 Å². The fraction of sp³-hybridized carbons (Fsp3) is 0.172. The van der Waals surface area contributed by atoms with Crippen LogP contribution in [0.25, 0.3) is 10.9 Å². The van der Waals surface area contributed by atoms with Crippen molar-refractivity contribution in [2.45, 2.75) is 18.9 Å². The van der Waals surface area contributed by atoms with Crippen molar-refractivity contribution in [2.24, 2.45) is 10.7 Å². The first-order chi connectivity index (χ1) is 18.9. The van der Waals surface area contributed by atoms with E-state index in [0.29, 0.717) is 52.1 Å². The molecule has 10 heteroatoms. The SMILES string of the molecule is COC(=O)c1ccc2c(C(=Nc3ccc(NC(=O)N4CCC[C@H]4C(N)=O)cc3)c3ccccc3)c(O)[nH]c2c1. The summed E-state index contributed by atoms with van der Waals surface area (Å²) in [7, 11) is 1.31. The summed E-state index contributed by atoms with van der Waals surface area (Å²) < 4.78 is 4.81. The Morgan fingerprint density at radius 2 is 1.79 bits per heavy atom. The topological polar surface area (TPSA) is 150 Å². The molecule has 5 N–H and O–H groups in total. The standard InChI is InChI=1S/C29H27N5O5/c1-39-28(37)18-9-14-21-22(16-18)33-27(36)24(21)25(17-6-3-2-4-7-17)31-19-10-12-20(13-11-19)32-29(38)34-15-5-8-23(34)26(30)35/h2-4,6-7,9-14,16,23,33,36H,5,8,15H2,1H3,(H2,30,35)(H,32,38)/t23-/m0/s1. The zero-order valence-corrected chi connectivity index (χ0v) is 21.2. The lowest BCUT2D eigenvalue weighted by Gasteiger charge is -2.22. The zero-order valence-electron chi connectivity index (χ0n) is 21.2. The number of aromatic amines is 1. The molecular formula is C29H27N5O5. The number of methoxy groups -OCH3 is 1. The van der Waals surface area contributed by atoms with Crippen LogP contribution in [0.5, 0.6) is 5.88 Å². The number of H-pyrrole nitrogens is 1. The smallest absolute Gasteiger partial charge is 0.337 e. The Balaban J connectivity index is 1.48. The molecule has 1 fully saturated rings. The number of carbonyl (C=O) groups excluding carboxylic acids is 3. The Kier molecular flexibility index (Phi) is 7.00. The summed E-state index contributed by atoms with van der Waals surface area (Å²) in [6.07, 6.45) is 1.28. The fourth-order valence-corrected chi connectivity index (χ4v) is 4.78. The van der Waals surface area contributed by atoms with E-state index in [1.807, 2.05) is 30.3 Å². The quantitative estimate of drug-likeness (QED) is 0.219. The maximum absolute atomic E-state index is 12.7. The van der Waals surface area contributed by atoms with Crippen LogP contribution in [0, 0.1) is 0 Å². The number of nitrogens with two attached hydrogens (primary N) is 1. The van der Waals surface area contributed by atoms with E-state index in [2.05, 4.69) is 10.3 Å². The number of hydrogen-bond donors (Lipinski definition) is 4. The van der Waals surface area contributed by atoms with E-state index < -0.39 is 17.9 Å². The van der Waals surface area contributed by atoms with Gasteiger partial charge in [-0.25, -0.2) is 14.6 Å². The number of hydrogen-bond acceptors (Lipinski definition) is 6. The van der Waals surface area contributed by atoms with Crippen LogP contribution in [0.2, 0.25) is 0 Å². The molecule has 0 spiro atoms. The number of benzene rings is 3. The van der Waals surface area contributed by atoms with Crippen LogP contribution in [0.4, 0.5) is 16.2 Å². The van der Waals surface area contributed by atoms with E-state index in [0.717, 1.165) is 12.0 Å². The lowest BCUT2D eigenvalue weighted by atomic mass is 10.00. The number of nitrogens with zero attached hydrogens (tertiary/aromatic N) is 2. The van der Waals surface area contributed by atoms with Crippen LogP contribution in [0.1, 0.15) is 34.3 Å². The molecule has 0 bridgehead atoms. The van der Waals surface area contributed by atoms with Crippen LogP contribution < -0.4 is 11.1 Å². The van der Waals surface area contributed by atoms with E-state index in [1.54, 1.807) is 42.5 Å². The maximum atomic E-state index is 12.7. The molecule has 5 rings (SSSR count). The third kappa shape index (κ3) is 5.17. The average Bonchev–Trinajstić information content (AvgIpc) is 3.57. The van der Waals surface area contributed by atoms with Crippen molar-refractivity contribution in [3.05, 3.63) is 89.5 Å². The lowest BCUT2D eigenvalue weighted by Crippen LogP contribution is -2.45. The van der Waals surface area contributed by atoms with Gasteiger partial charge < -0.3 is 30.8 Å². The fourth-order valence-electron chi connectivity index (χ4n) is 4.78. The van der Waals surface area contributed by atoms with Crippen LogP contribution in [-0.2, 0) is 9.53 Å². The van der Waals surface area contributed by atoms with Crippen molar-refractivity contribution in [1.82, 2.24) is 9.88 Å². The second-order valence-electron chi connectivity index (χ2n) is 9.16. The summed E-state index contributed by atoms with van der Waals surface area (Å²) in [6, 6.07) is 20.3. The van der Waals surface area contributed by atoms with Gasteiger partial charge >= 0.3 is 12.0 Å². The second kappa shape index (κ2) is 10.7. The van der Waals surface area contributed by atoms with Crippen LogP contribution in [0.15, 0.2) is 77.8 Å². The van der Waals surface area contributed by atoms with Gasteiger partial charge in [0, 0.05) is 28.7 Å². The van der Waals surface area contributed by atoms with Gasteiger partial charge in [0.05, 0.1) is 29.6 Å². The number of likely N-dealkylation sites (tertiary alicyclic amines) is 1. The third-order valence-corrected chi connectivity index (χ3v) is 6.69. The van der Waals surface area contributed by atoms with Crippen molar-refractivity contribution in [3.63, 3.8) is 0 Å². The van der Waals surface area contributed by atoms with Crippen molar-refractivity contribution < 1.29 is 24.2 Å².